The van der Waals surface area contributed by atoms with E-state index in [0.29, 0.717) is 24.7 Å². The van der Waals surface area contributed by atoms with E-state index in [1.807, 2.05) is 23.1 Å². The predicted octanol–water partition coefficient (Wildman–Crippen LogP) is 3.53. The number of benzene rings is 2. The van der Waals surface area contributed by atoms with Gasteiger partial charge in [-0.3, -0.25) is 9.59 Å². The zero-order valence-corrected chi connectivity index (χ0v) is 17.6. The highest BCUT2D eigenvalue weighted by Gasteiger charge is 2.42. The molecule has 0 radical (unpaired) electrons. The van der Waals surface area contributed by atoms with Crippen molar-refractivity contribution in [3.63, 3.8) is 0 Å². The van der Waals surface area contributed by atoms with Gasteiger partial charge in [-0.2, -0.15) is 0 Å². The van der Waals surface area contributed by atoms with Gasteiger partial charge in [-0.1, -0.05) is 30.3 Å². The summed E-state index contributed by atoms with van der Waals surface area (Å²) < 4.78 is 1.17. The number of hydrogen-bond donors (Lipinski definition) is 1. The highest BCUT2D eigenvalue weighted by atomic mass is 32.1. The van der Waals surface area contributed by atoms with Crippen LogP contribution in [0.4, 0.5) is 5.69 Å². The Morgan fingerprint density at radius 2 is 1.73 bits per heavy atom. The minimum absolute atomic E-state index is 0.172. The number of primary amides is 1. The Morgan fingerprint density at radius 1 is 0.967 bits per heavy atom. The Bertz CT molecular complexity index is 1060. The van der Waals surface area contributed by atoms with Crippen molar-refractivity contribution in [3.05, 3.63) is 65.0 Å². The van der Waals surface area contributed by atoms with Gasteiger partial charge in [-0.15, -0.1) is 11.3 Å². The lowest BCUT2D eigenvalue weighted by Crippen LogP contribution is -2.32. The fraction of sp³-hybridized carbons (Fsp3) is 0.333. The first-order chi connectivity index (χ1) is 14.6. The van der Waals surface area contributed by atoms with Gasteiger partial charge in [0.1, 0.15) is 0 Å². The topological polar surface area (TPSA) is 66.6 Å². The third kappa shape index (κ3) is 3.67. The summed E-state index contributed by atoms with van der Waals surface area (Å²) in [5.41, 5.74) is 7.63. The molecule has 154 valence electrons. The molecule has 3 aromatic rings. The number of nitrogens with two attached hydrogens (primary N) is 1. The third-order valence-corrected chi connectivity index (χ3v) is 7.45. The lowest BCUT2D eigenvalue weighted by atomic mass is 10.0. The Morgan fingerprint density at radius 3 is 2.47 bits per heavy atom. The number of carbonyl (C=O) groups excluding carboxylic acids is 2. The zero-order valence-electron chi connectivity index (χ0n) is 16.8. The molecule has 0 saturated carbocycles. The molecular weight excluding hydrogens is 394 g/mol. The number of thiophene rings is 1. The summed E-state index contributed by atoms with van der Waals surface area (Å²) >= 11 is 1.59. The van der Waals surface area contributed by atoms with Crippen LogP contribution < -0.4 is 10.6 Å². The molecule has 30 heavy (non-hydrogen) atoms. The molecule has 2 saturated heterocycles. The van der Waals surface area contributed by atoms with Gasteiger partial charge in [-0.05, 0) is 41.6 Å². The molecule has 2 N–H and O–H groups in total. The molecule has 0 aliphatic carbocycles. The summed E-state index contributed by atoms with van der Waals surface area (Å²) in [6, 6.07) is 18.6. The molecule has 2 aliphatic rings. The minimum atomic E-state index is -0.264. The molecule has 2 unspecified atom stereocenters. The third-order valence-electron chi connectivity index (χ3n) is 6.35. The van der Waals surface area contributed by atoms with Crippen molar-refractivity contribution in [2.75, 3.05) is 31.1 Å². The van der Waals surface area contributed by atoms with Crippen molar-refractivity contribution in [3.8, 4) is 0 Å². The molecule has 2 aromatic carbocycles. The number of carbonyl (C=O) groups is 2. The first-order valence-electron chi connectivity index (χ1n) is 10.5. The lowest BCUT2D eigenvalue weighted by molar-refractivity contribution is -0.117. The number of hydrogen-bond acceptors (Lipinski definition) is 4. The Kier molecular flexibility index (Phi) is 4.95. The lowest BCUT2D eigenvalue weighted by Gasteiger charge is -2.23. The summed E-state index contributed by atoms with van der Waals surface area (Å²) in [6.45, 7) is 3.60. The first-order valence-corrected chi connectivity index (χ1v) is 11.3. The second-order valence-electron chi connectivity index (χ2n) is 8.42. The fourth-order valence-electron chi connectivity index (χ4n) is 4.79. The van der Waals surface area contributed by atoms with Crippen LogP contribution in [0.5, 0.6) is 0 Å². The number of aryl methyl sites for hydroxylation is 1. The highest BCUT2D eigenvalue weighted by Crippen LogP contribution is 2.36. The SMILES string of the molecule is NC(=O)CCc1cccc(N2CC3CN(C(=O)c4cc5ccccc5s4)CC3C2)c1. The molecule has 2 aliphatic heterocycles. The van der Waals surface area contributed by atoms with Crippen LogP contribution >= 0.6 is 11.3 Å². The summed E-state index contributed by atoms with van der Waals surface area (Å²) in [4.78, 5) is 29.4. The van der Waals surface area contributed by atoms with Gasteiger partial charge in [0.15, 0.2) is 0 Å². The van der Waals surface area contributed by atoms with Crippen LogP contribution in [-0.2, 0) is 11.2 Å². The van der Waals surface area contributed by atoms with Gasteiger partial charge in [-0.25, -0.2) is 0 Å². The van der Waals surface area contributed by atoms with Crippen molar-refractivity contribution < 1.29 is 9.59 Å². The Balaban J connectivity index is 1.23. The highest BCUT2D eigenvalue weighted by molar-refractivity contribution is 7.20. The first kappa shape index (κ1) is 19.1. The molecule has 2 fully saturated rings. The second-order valence-corrected chi connectivity index (χ2v) is 9.50. The molecule has 6 heteroatoms. The molecule has 1 aromatic heterocycles. The van der Waals surface area contributed by atoms with Crippen molar-refractivity contribution in [2.45, 2.75) is 12.8 Å². The van der Waals surface area contributed by atoms with Crippen molar-refractivity contribution >= 4 is 38.9 Å². The molecule has 2 atom stereocenters. The molecule has 2 amide bonds. The average Bonchev–Trinajstić information content (AvgIpc) is 3.44. The van der Waals surface area contributed by atoms with Crippen LogP contribution in [0.3, 0.4) is 0 Å². The molecule has 0 spiro atoms. The number of amides is 2. The van der Waals surface area contributed by atoms with E-state index >= 15 is 0 Å². The Hall–Kier alpha value is -2.86. The molecule has 5 nitrogen and oxygen atoms in total. The van der Waals surface area contributed by atoms with Crippen molar-refractivity contribution in [1.29, 1.82) is 0 Å². The molecule has 3 heterocycles. The number of nitrogens with zero attached hydrogens (tertiary/aromatic N) is 2. The van der Waals surface area contributed by atoms with Crippen LogP contribution in [0.25, 0.3) is 10.1 Å². The maximum absolute atomic E-state index is 13.1. The average molecular weight is 420 g/mol. The number of fused-ring (bicyclic) bond motifs is 2. The van der Waals surface area contributed by atoms with E-state index in [9.17, 15) is 9.59 Å². The van der Waals surface area contributed by atoms with Gasteiger partial charge in [0, 0.05) is 54.8 Å². The van der Waals surface area contributed by atoms with Crippen molar-refractivity contribution in [1.82, 2.24) is 4.90 Å². The van der Waals surface area contributed by atoms with Gasteiger partial charge in [0.05, 0.1) is 4.88 Å². The predicted molar refractivity (Wildman–Crippen MR) is 121 cm³/mol. The minimum Gasteiger partial charge on any atom is -0.371 e. The Labute approximate surface area is 180 Å². The monoisotopic (exact) mass is 419 g/mol. The molecular formula is C24H25N3O2S. The summed E-state index contributed by atoms with van der Waals surface area (Å²) in [7, 11) is 0. The smallest absolute Gasteiger partial charge is 0.263 e. The van der Waals surface area contributed by atoms with Gasteiger partial charge in [0.2, 0.25) is 5.91 Å². The maximum atomic E-state index is 13.1. The quantitative estimate of drug-likeness (QED) is 0.688. The van der Waals surface area contributed by atoms with Crippen LogP contribution in [0.15, 0.2) is 54.6 Å². The summed E-state index contributed by atoms with van der Waals surface area (Å²) in [5, 5.41) is 1.15. The van der Waals surface area contributed by atoms with E-state index in [2.05, 4.69) is 41.3 Å². The van der Waals surface area contributed by atoms with Crippen molar-refractivity contribution in [2.24, 2.45) is 17.6 Å². The molecule has 5 rings (SSSR count). The standard InChI is InChI=1S/C24H25N3O2S/c25-23(28)9-8-16-4-3-6-20(10-16)26-12-18-14-27(15-19(18)13-26)24(29)22-11-17-5-1-2-7-21(17)30-22/h1-7,10-11,18-19H,8-9,12-15H2,(H2,25,28). The van der Waals surface area contributed by atoms with E-state index in [-0.39, 0.29) is 11.8 Å². The van der Waals surface area contributed by atoms with Gasteiger partial charge >= 0.3 is 0 Å². The van der Waals surface area contributed by atoms with E-state index < -0.39 is 0 Å². The van der Waals surface area contributed by atoms with Crippen LogP contribution in [-0.4, -0.2) is 42.9 Å². The van der Waals surface area contributed by atoms with Crippen LogP contribution in [0, 0.1) is 11.8 Å². The second kappa shape index (κ2) is 7.76. The zero-order chi connectivity index (χ0) is 20.7. The van der Waals surface area contributed by atoms with E-state index in [1.165, 1.54) is 10.4 Å². The van der Waals surface area contributed by atoms with Gasteiger partial charge in [0.25, 0.3) is 5.91 Å². The number of rotatable bonds is 5. The van der Waals surface area contributed by atoms with Gasteiger partial charge < -0.3 is 15.5 Å². The fourth-order valence-corrected chi connectivity index (χ4v) is 5.82. The normalized spacial score (nSPS) is 20.7. The largest absolute Gasteiger partial charge is 0.371 e. The van der Waals surface area contributed by atoms with E-state index in [0.717, 1.165) is 42.0 Å². The summed E-state index contributed by atoms with van der Waals surface area (Å²) in [5.74, 6) is 0.931. The van der Waals surface area contributed by atoms with E-state index in [4.69, 9.17) is 5.73 Å². The van der Waals surface area contributed by atoms with E-state index in [1.54, 1.807) is 11.3 Å². The maximum Gasteiger partial charge on any atom is 0.263 e. The molecule has 0 bridgehead atoms. The number of anilines is 1. The number of likely N-dealkylation sites (tertiary alicyclic amines) is 1. The van der Waals surface area contributed by atoms with Crippen LogP contribution in [0.2, 0.25) is 0 Å². The summed E-state index contributed by atoms with van der Waals surface area (Å²) in [6.07, 6.45) is 1.06. The van der Waals surface area contributed by atoms with Crippen LogP contribution in [0.1, 0.15) is 21.7 Å².